The monoisotopic (exact) mass is 391 g/mol. The maximum Gasteiger partial charge on any atom is 0.227 e. The number of hydrogen-bond donors (Lipinski definition) is 1. The molecule has 3 atom stereocenters. The molecule has 2 saturated heterocycles. The van der Waals surface area contributed by atoms with Crippen LogP contribution in [0.3, 0.4) is 0 Å². The molecule has 0 radical (unpaired) electrons. The second kappa shape index (κ2) is 9.07. The molecule has 6 heteroatoms. The molecule has 1 aromatic rings. The Balaban J connectivity index is 1.54. The number of nitrogens with zero attached hydrogens (tertiary/aromatic N) is 2. The first-order chi connectivity index (χ1) is 12.9. The molecule has 1 N–H and O–H groups in total. The van der Waals surface area contributed by atoms with Crippen LogP contribution in [0, 0.1) is 11.8 Å². The van der Waals surface area contributed by atoms with Crippen LogP contribution in [0.25, 0.3) is 0 Å². The fourth-order valence-corrected chi connectivity index (χ4v) is 4.53. The number of carbonyl (C=O) groups excluding carboxylic acids is 2. The number of benzene rings is 1. The van der Waals surface area contributed by atoms with Gasteiger partial charge in [-0.3, -0.25) is 9.59 Å². The molecule has 27 heavy (non-hydrogen) atoms. The van der Waals surface area contributed by atoms with Crippen LogP contribution in [-0.4, -0.2) is 61.4 Å². The van der Waals surface area contributed by atoms with E-state index in [1.165, 1.54) is 6.42 Å². The summed E-state index contributed by atoms with van der Waals surface area (Å²) in [5.41, 5.74) is 0.900. The van der Waals surface area contributed by atoms with Crippen LogP contribution in [0.4, 0.5) is 0 Å². The third-order valence-corrected chi connectivity index (χ3v) is 6.23. The Kier molecular flexibility index (Phi) is 6.77. The van der Waals surface area contributed by atoms with E-state index in [0.717, 1.165) is 38.0 Å². The molecule has 2 amide bonds. The van der Waals surface area contributed by atoms with Gasteiger partial charge in [0.15, 0.2) is 0 Å². The highest BCUT2D eigenvalue weighted by Crippen LogP contribution is 2.31. The maximum atomic E-state index is 12.8. The average molecular weight is 392 g/mol. The summed E-state index contributed by atoms with van der Waals surface area (Å²) in [7, 11) is 3.60. The van der Waals surface area contributed by atoms with Gasteiger partial charge >= 0.3 is 0 Å². The molecule has 2 aliphatic rings. The Morgan fingerprint density at radius 2 is 2.04 bits per heavy atom. The Labute approximate surface area is 167 Å². The van der Waals surface area contributed by atoms with E-state index in [4.69, 9.17) is 11.6 Å². The molecule has 2 bridgehead atoms. The van der Waals surface area contributed by atoms with Gasteiger partial charge < -0.3 is 15.1 Å². The first-order valence-electron chi connectivity index (χ1n) is 9.88. The van der Waals surface area contributed by atoms with E-state index in [1.54, 1.807) is 19.0 Å². The molecule has 2 heterocycles. The van der Waals surface area contributed by atoms with Crippen LogP contribution < -0.4 is 5.32 Å². The van der Waals surface area contributed by atoms with Gasteiger partial charge in [-0.15, -0.1) is 0 Å². The van der Waals surface area contributed by atoms with Crippen molar-refractivity contribution in [3.8, 4) is 0 Å². The fraction of sp³-hybridized carbons (Fsp3) is 0.619. The van der Waals surface area contributed by atoms with Crippen molar-refractivity contribution in [1.29, 1.82) is 0 Å². The van der Waals surface area contributed by atoms with Gasteiger partial charge in [-0.05, 0) is 49.3 Å². The van der Waals surface area contributed by atoms with Gasteiger partial charge in [0.2, 0.25) is 11.8 Å². The molecule has 5 nitrogen and oxygen atoms in total. The molecule has 2 aliphatic heterocycles. The largest absolute Gasteiger partial charge is 0.349 e. The summed E-state index contributed by atoms with van der Waals surface area (Å²) in [6.45, 7) is 2.59. The molecule has 0 aliphatic carbocycles. The molecule has 3 unspecified atom stereocenters. The van der Waals surface area contributed by atoms with E-state index in [-0.39, 0.29) is 11.8 Å². The molecular formula is C21H30ClN3O2. The Bertz CT molecular complexity index is 679. The SMILES string of the molecule is CN(C)C(=O)CCCC1NCC2CC1CN(C(=O)Cc1ccccc1Cl)C2. The summed E-state index contributed by atoms with van der Waals surface area (Å²) in [5.74, 6) is 1.35. The number of nitrogens with one attached hydrogen (secondary N) is 1. The van der Waals surface area contributed by atoms with Crippen molar-refractivity contribution in [2.45, 2.75) is 38.1 Å². The number of rotatable bonds is 6. The van der Waals surface area contributed by atoms with E-state index in [0.29, 0.717) is 35.7 Å². The highest BCUT2D eigenvalue weighted by atomic mass is 35.5. The van der Waals surface area contributed by atoms with Crippen molar-refractivity contribution in [1.82, 2.24) is 15.1 Å². The highest BCUT2D eigenvalue weighted by molar-refractivity contribution is 6.31. The van der Waals surface area contributed by atoms with Gasteiger partial charge in [-0.2, -0.15) is 0 Å². The van der Waals surface area contributed by atoms with Crippen molar-refractivity contribution in [3.63, 3.8) is 0 Å². The van der Waals surface area contributed by atoms with E-state index >= 15 is 0 Å². The van der Waals surface area contributed by atoms with E-state index in [9.17, 15) is 9.59 Å². The van der Waals surface area contributed by atoms with Gasteiger partial charge in [-0.25, -0.2) is 0 Å². The van der Waals surface area contributed by atoms with Gasteiger partial charge in [-0.1, -0.05) is 29.8 Å². The lowest BCUT2D eigenvalue weighted by Crippen LogP contribution is -2.57. The third-order valence-electron chi connectivity index (χ3n) is 5.86. The van der Waals surface area contributed by atoms with Gasteiger partial charge in [0.1, 0.15) is 0 Å². The van der Waals surface area contributed by atoms with E-state index < -0.39 is 0 Å². The van der Waals surface area contributed by atoms with E-state index in [2.05, 4.69) is 5.32 Å². The zero-order chi connectivity index (χ0) is 19.4. The standard InChI is InChI=1S/C21H30ClN3O2/c1-24(2)20(26)9-5-8-19-17-10-15(12-23-19)13-25(14-17)21(27)11-16-6-3-4-7-18(16)22/h3-4,6-7,15,17,19,23H,5,8-14H2,1-2H3. The van der Waals surface area contributed by atoms with Crippen LogP contribution in [0.1, 0.15) is 31.2 Å². The normalized spacial score (nSPS) is 24.6. The molecule has 0 aromatic heterocycles. The summed E-state index contributed by atoms with van der Waals surface area (Å²) < 4.78 is 0. The Morgan fingerprint density at radius 3 is 2.78 bits per heavy atom. The van der Waals surface area contributed by atoms with E-state index in [1.807, 2.05) is 29.2 Å². The highest BCUT2D eigenvalue weighted by Gasteiger charge is 2.37. The number of fused-ring (bicyclic) bond motifs is 2. The van der Waals surface area contributed by atoms with Crippen LogP contribution in [0.15, 0.2) is 24.3 Å². The number of carbonyl (C=O) groups is 2. The molecule has 0 saturated carbocycles. The van der Waals surface area contributed by atoms with Gasteiger partial charge in [0.05, 0.1) is 6.42 Å². The average Bonchev–Trinajstić information content (AvgIpc) is 2.65. The van der Waals surface area contributed by atoms with Crippen molar-refractivity contribution in [3.05, 3.63) is 34.9 Å². The first kappa shape index (κ1) is 20.2. The summed E-state index contributed by atoms with van der Waals surface area (Å²) in [6.07, 6.45) is 4.02. The van der Waals surface area contributed by atoms with Crippen LogP contribution in [-0.2, 0) is 16.0 Å². The molecule has 148 valence electrons. The third kappa shape index (κ3) is 5.23. The van der Waals surface area contributed by atoms with Gasteiger partial charge in [0, 0.05) is 44.7 Å². The number of amides is 2. The first-order valence-corrected chi connectivity index (χ1v) is 10.3. The molecule has 1 aromatic carbocycles. The molecule has 0 spiro atoms. The number of likely N-dealkylation sites (tertiary alicyclic amines) is 1. The fourth-order valence-electron chi connectivity index (χ4n) is 4.33. The van der Waals surface area contributed by atoms with Crippen molar-refractivity contribution >= 4 is 23.4 Å². The second-order valence-corrected chi connectivity index (χ2v) is 8.53. The summed E-state index contributed by atoms with van der Waals surface area (Å²) in [6, 6.07) is 7.97. The lowest BCUT2D eigenvalue weighted by atomic mass is 9.79. The van der Waals surface area contributed by atoms with Crippen LogP contribution >= 0.6 is 11.6 Å². The lowest BCUT2D eigenvalue weighted by molar-refractivity contribution is -0.134. The minimum absolute atomic E-state index is 0.168. The van der Waals surface area contributed by atoms with Crippen molar-refractivity contribution < 1.29 is 9.59 Å². The van der Waals surface area contributed by atoms with Crippen LogP contribution in [0.2, 0.25) is 5.02 Å². The second-order valence-electron chi connectivity index (χ2n) is 8.12. The maximum absolute atomic E-state index is 12.8. The van der Waals surface area contributed by atoms with Crippen molar-refractivity contribution in [2.24, 2.45) is 11.8 Å². The predicted octanol–water partition coefficient (Wildman–Crippen LogP) is 2.58. The number of piperidine rings is 2. The summed E-state index contributed by atoms with van der Waals surface area (Å²) in [4.78, 5) is 28.3. The summed E-state index contributed by atoms with van der Waals surface area (Å²) >= 11 is 6.22. The minimum atomic E-state index is 0.168. The smallest absolute Gasteiger partial charge is 0.227 e. The quantitative estimate of drug-likeness (QED) is 0.810. The Hall–Kier alpha value is -1.59. The Morgan fingerprint density at radius 1 is 1.26 bits per heavy atom. The van der Waals surface area contributed by atoms with Crippen LogP contribution in [0.5, 0.6) is 0 Å². The minimum Gasteiger partial charge on any atom is -0.349 e. The zero-order valence-electron chi connectivity index (χ0n) is 16.3. The molecular weight excluding hydrogens is 362 g/mol. The predicted molar refractivity (Wildman–Crippen MR) is 108 cm³/mol. The molecule has 2 fully saturated rings. The molecule has 3 rings (SSSR count). The number of halogens is 1. The number of hydrogen-bond acceptors (Lipinski definition) is 3. The van der Waals surface area contributed by atoms with Gasteiger partial charge in [0.25, 0.3) is 0 Å². The van der Waals surface area contributed by atoms with Crippen molar-refractivity contribution in [2.75, 3.05) is 33.7 Å². The topological polar surface area (TPSA) is 52.7 Å². The lowest BCUT2D eigenvalue weighted by Gasteiger charge is -2.46. The zero-order valence-corrected chi connectivity index (χ0v) is 17.0. The summed E-state index contributed by atoms with van der Waals surface area (Å²) in [5, 5.41) is 4.32.